The quantitative estimate of drug-likeness (QED) is 0.249. The third-order valence-electron chi connectivity index (χ3n) is 7.82. The fourth-order valence-electron chi connectivity index (χ4n) is 5.72. The van der Waals surface area contributed by atoms with Gasteiger partial charge in [0.2, 0.25) is 0 Å². The number of hydrogen-bond donors (Lipinski definition) is 0. The number of ether oxygens (including phenoxy) is 1. The molecule has 2 atom stereocenters. The molecule has 2 aliphatic rings. The van der Waals surface area contributed by atoms with Crippen LogP contribution in [0.4, 0.5) is 22.0 Å². The molecule has 0 radical (unpaired) electrons. The highest BCUT2D eigenvalue weighted by Crippen LogP contribution is 2.46. The zero-order chi connectivity index (χ0) is 25.7. The van der Waals surface area contributed by atoms with E-state index in [1.54, 1.807) is 12.1 Å². The van der Waals surface area contributed by atoms with Crippen LogP contribution in [0.2, 0.25) is 0 Å². The highest BCUT2D eigenvalue weighted by molar-refractivity contribution is 5.82. The second kappa shape index (κ2) is 9.62. The van der Waals surface area contributed by atoms with Crippen LogP contribution in [0.3, 0.4) is 0 Å². The molecular weight excluding hydrogens is 471 g/mol. The molecule has 0 saturated carbocycles. The first kappa shape index (κ1) is 24.9. The zero-order valence-corrected chi connectivity index (χ0v) is 20.7. The van der Waals surface area contributed by atoms with Crippen LogP contribution in [0.25, 0.3) is 22.3 Å². The lowest BCUT2D eigenvalue weighted by molar-refractivity contribution is -0.0125. The minimum atomic E-state index is -1.29. The van der Waals surface area contributed by atoms with E-state index in [0.717, 1.165) is 12.8 Å². The van der Waals surface area contributed by atoms with Crippen molar-refractivity contribution in [3.05, 3.63) is 81.7 Å². The van der Waals surface area contributed by atoms with Gasteiger partial charge in [-0.1, -0.05) is 39.0 Å². The Kier molecular flexibility index (Phi) is 6.67. The van der Waals surface area contributed by atoms with Gasteiger partial charge in [-0.25, -0.2) is 22.0 Å². The van der Waals surface area contributed by atoms with E-state index in [1.165, 1.54) is 18.2 Å². The molecule has 3 aromatic rings. The Hall–Kier alpha value is -2.73. The van der Waals surface area contributed by atoms with Gasteiger partial charge in [0.05, 0.1) is 6.10 Å². The zero-order valence-electron chi connectivity index (χ0n) is 20.7. The normalized spacial score (nSPS) is 19.0. The summed E-state index contributed by atoms with van der Waals surface area (Å²) in [5, 5.41) is 0. The Bertz CT molecular complexity index is 1320. The first-order valence-corrected chi connectivity index (χ1v) is 12.7. The molecule has 0 spiro atoms. The van der Waals surface area contributed by atoms with Crippen LogP contribution < -0.4 is 0 Å². The second-order valence-corrected chi connectivity index (χ2v) is 10.1. The Morgan fingerprint density at radius 3 is 2.08 bits per heavy atom. The number of halogens is 5. The lowest BCUT2D eigenvalue weighted by Crippen LogP contribution is -2.18. The summed E-state index contributed by atoms with van der Waals surface area (Å²) < 4.78 is 81.8. The van der Waals surface area contributed by atoms with E-state index in [0.29, 0.717) is 42.1 Å². The van der Waals surface area contributed by atoms with Gasteiger partial charge in [-0.05, 0) is 78.3 Å². The summed E-state index contributed by atoms with van der Waals surface area (Å²) in [6.45, 7) is 6.48. The van der Waals surface area contributed by atoms with Gasteiger partial charge in [0.25, 0.3) is 0 Å². The Morgan fingerprint density at radius 2 is 1.47 bits per heavy atom. The minimum absolute atomic E-state index is 0.0811. The van der Waals surface area contributed by atoms with Crippen molar-refractivity contribution < 1.29 is 26.7 Å². The molecule has 0 N–H and O–H groups in total. The van der Waals surface area contributed by atoms with Crippen molar-refractivity contribution in [2.45, 2.75) is 64.9 Å². The Labute approximate surface area is 208 Å². The molecule has 0 bridgehead atoms. The number of hydrogen-bond acceptors (Lipinski definition) is 1. The van der Waals surface area contributed by atoms with Crippen molar-refractivity contribution in [1.29, 1.82) is 0 Å². The van der Waals surface area contributed by atoms with E-state index in [4.69, 9.17) is 4.74 Å². The van der Waals surface area contributed by atoms with Gasteiger partial charge in [-0.15, -0.1) is 0 Å². The summed E-state index contributed by atoms with van der Waals surface area (Å²) >= 11 is 0. The molecular formula is C30H29F5O. The SMILES string of the molecule is CCC(CC)c1cc2c(c(F)c1F)-c1c(cc(-c3ccc(C4CCC(C)CO4)cc3F)c(F)c1F)C2. The molecule has 2 unspecified atom stereocenters. The fourth-order valence-corrected chi connectivity index (χ4v) is 5.72. The predicted molar refractivity (Wildman–Crippen MR) is 130 cm³/mol. The number of fused-ring (bicyclic) bond motifs is 3. The molecule has 0 amide bonds. The van der Waals surface area contributed by atoms with Crippen molar-refractivity contribution in [2.24, 2.45) is 5.92 Å². The van der Waals surface area contributed by atoms with E-state index in [-0.39, 0.29) is 46.3 Å². The molecule has 1 heterocycles. The van der Waals surface area contributed by atoms with Gasteiger partial charge < -0.3 is 4.74 Å². The topological polar surface area (TPSA) is 9.23 Å². The highest BCUT2D eigenvalue weighted by atomic mass is 19.2. The average molecular weight is 501 g/mol. The number of rotatable bonds is 5. The third-order valence-corrected chi connectivity index (χ3v) is 7.82. The summed E-state index contributed by atoms with van der Waals surface area (Å²) in [6, 6.07) is 7.35. The average Bonchev–Trinajstić information content (AvgIpc) is 3.24. The summed E-state index contributed by atoms with van der Waals surface area (Å²) in [5.74, 6) is -5.15. The highest BCUT2D eigenvalue weighted by Gasteiger charge is 2.33. The van der Waals surface area contributed by atoms with Crippen LogP contribution in [0, 0.1) is 35.0 Å². The maximum atomic E-state index is 15.4. The molecule has 5 rings (SSSR count). The molecule has 1 nitrogen and oxygen atoms in total. The van der Waals surface area contributed by atoms with Crippen LogP contribution in [0.15, 0.2) is 30.3 Å². The summed E-state index contributed by atoms with van der Waals surface area (Å²) in [6.07, 6.45) is 2.88. The lowest BCUT2D eigenvalue weighted by Gasteiger charge is -2.27. The molecule has 190 valence electrons. The minimum Gasteiger partial charge on any atom is -0.373 e. The molecule has 1 aliphatic heterocycles. The largest absolute Gasteiger partial charge is 0.373 e. The smallest absolute Gasteiger partial charge is 0.167 e. The predicted octanol–water partition coefficient (Wildman–Crippen LogP) is 9.01. The van der Waals surface area contributed by atoms with Gasteiger partial charge in [-0.3, -0.25) is 0 Å². The van der Waals surface area contributed by atoms with Crippen molar-refractivity contribution in [1.82, 2.24) is 0 Å². The fraction of sp³-hybridized carbons (Fsp3) is 0.400. The van der Waals surface area contributed by atoms with Gasteiger partial charge >= 0.3 is 0 Å². The first-order chi connectivity index (χ1) is 17.2. The monoisotopic (exact) mass is 500 g/mol. The van der Waals surface area contributed by atoms with E-state index >= 15 is 17.6 Å². The molecule has 6 heteroatoms. The van der Waals surface area contributed by atoms with Crippen LogP contribution in [0.5, 0.6) is 0 Å². The van der Waals surface area contributed by atoms with E-state index in [2.05, 4.69) is 6.92 Å². The van der Waals surface area contributed by atoms with Gasteiger partial charge in [0, 0.05) is 28.9 Å². The van der Waals surface area contributed by atoms with Crippen LogP contribution in [-0.4, -0.2) is 6.61 Å². The van der Waals surface area contributed by atoms with Crippen molar-refractivity contribution in [3.63, 3.8) is 0 Å². The molecule has 3 aromatic carbocycles. The maximum absolute atomic E-state index is 15.4. The standard InChI is InChI=1S/C30H29F5O/c1-4-16(5-2)21-11-18-10-19-12-22(28(33)30(35)26(19)25(18)29(34)27(21)32)20-8-7-17(13-23(20)31)24-9-6-15(3)14-36-24/h7-8,11-13,15-16,24H,4-6,9-10,14H2,1-3H3. The molecule has 1 fully saturated rings. The van der Waals surface area contributed by atoms with Gasteiger partial charge in [0.1, 0.15) is 5.82 Å². The Morgan fingerprint density at radius 1 is 0.806 bits per heavy atom. The van der Waals surface area contributed by atoms with E-state index < -0.39 is 29.1 Å². The van der Waals surface area contributed by atoms with Crippen molar-refractivity contribution >= 4 is 0 Å². The third kappa shape index (κ3) is 4.03. The van der Waals surface area contributed by atoms with Gasteiger partial charge in [0.15, 0.2) is 23.3 Å². The number of benzene rings is 3. The van der Waals surface area contributed by atoms with Crippen LogP contribution >= 0.6 is 0 Å². The summed E-state index contributed by atoms with van der Waals surface area (Å²) in [4.78, 5) is 0. The van der Waals surface area contributed by atoms with E-state index in [9.17, 15) is 4.39 Å². The van der Waals surface area contributed by atoms with Crippen molar-refractivity contribution in [2.75, 3.05) is 6.61 Å². The Balaban J connectivity index is 1.55. The molecule has 1 aliphatic carbocycles. The van der Waals surface area contributed by atoms with Gasteiger partial charge in [-0.2, -0.15) is 0 Å². The summed E-state index contributed by atoms with van der Waals surface area (Å²) in [5.41, 5.74) is 0.813. The maximum Gasteiger partial charge on any atom is 0.167 e. The summed E-state index contributed by atoms with van der Waals surface area (Å²) in [7, 11) is 0. The molecule has 0 aromatic heterocycles. The van der Waals surface area contributed by atoms with Crippen LogP contribution in [-0.2, 0) is 11.2 Å². The van der Waals surface area contributed by atoms with Crippen molar-refractivity contribution in [3.8, 4) is 22.3 Å². The molecule has 1 saturated heterocycles. The first-order valence-electron chi connectivity index (χ1n) is 12.7. The van der Waals surface area contributed by atoms with Crippen LogP contribution in [0.1, 0.15) is 80.7 Å². The lowest BCUT2D eigenvalue weighted by atomic mass is 9.90. The molecule has 36 heavy (non-hydrogen) atoms. The second-order valence-electron chi connectivity index (χ2n) is 10.1. The van der Waals surface area contributed by atoms with E-state index in [1.807, 2.05) is 13.8 Å².